The van der Waals surface area contributed by atoms with Crippen LogP contribution in [0.5, 0.6) is 0 Å². The third kappa shape index (κ3) is 71.1. The number of carbonyl (C=O) groups is 4. The third-order valence-corrected chi connectivity index (χ3v) is 20.7. The maximum atomic E-state index is 13.1. The van der Waals surface area contributed by atoms with Crippen LogP contribution in [-0.4, -0.2) is 96.7 Å². The molecule has 6 atom stereocenters. The average Bonchev–Trinajstić information content (AvgIpc) is 3.41. The second kappa shape index (κ2) is 70.7. The molecule has 0 spiro atoms. The number of aliphatic hydroxyl groups is 1. The molecule has 0 saturated heterocycles. The molecule has 0 bridgehead atoms. The molecular formula is C79H154O17P2. The van der Waals surface area contributed by atoms with E-state index in [-0.39, 0.29) is 25.7 Å². The summed E-state index contributed by atoms with van der Waals surface area (Å²) in [6.07, 6.45) is 59.8. The number of aliphatic hydroxyl groups excluding tert-OH is 1. The molecule has 0 saturated carbocycles. The van der Waals surface area contributed by atoms with Gasteiger partial charge < -0.3 is 33.8 Å². The van der Waals surface area contributed by atoms with E-state index in [2.05, 4.69) is 41.5 Å². The lowest BCUT2D eigenvalue weighted by Crippen LogP contribution is -2.30. The van der Waals surface area contributed by atoms with Gasteiger partial charge in [0.05, 0.1) is 26.4 Å². The van der Waals surface area contributed by atoms with Crippen molar-refractivity contribution in [2.24, 2.45) is 11.8 Å². The van der Waals surface area contributed by atoms with Crippen molar-refractivity contribution in [3.63, 3.8) is 0 Å². The van der Waals surface area contributed by atoms with E-state index in [1.807, 2.05) is 0 Å². The van der Waals surface area contributed by atoms with Gasteiger partial charge in [-0.05, 0) is 37.5 Å². The number of carbonyl (C=O) groups excluding carboxylic acids is 4. The topological polar surface area (TPSA) is 237 Å². The highest BCUT2D eigenvalue weighted by Crippen LogP contribution is 2.45. The number of ether oxygens (including phenoxy) is 4. The second-order valence-corrected chi connectivity index (χ2v) is 32.1. The molecule has 0 heterocycles. The van der Waals surface area contributed by atoms with Crippen molar-refractivity contribution in [1.82, 2.24) is 0 Å². The van der Waals surface area contributed by atoms with E-state index in [1.54, 1.807) is 0 Å². The number of phosphoric ester groups is 2. The number of esters is 4. The Kier molecular flexibility index (Phi) is 69.3. The summed E-state index contributed by atoms with van der Waals surface area (Å²) >= 11 is 0. The highest BCUT2D eigenvalue weighted by molar-refractivity contribution is 7.47. The van der Waals surface area contributed by atoms with Crippen LogP contribution < -0.4 is 0 Å². The summed E-state index contributed by atoms with van der Waals surface area (Å²) in [4.78, 5) is 72.7. The molecule has 582 valence electrons. The molecule has 0 aliphatic heterocycles. The number of rotatable bonds is 78. The van der Waals surface area contributed by atoms with E-state index in [0.717, 1.165) is 115 Å². The highest BCUT2D eigenvalue weighted by atomic mass is 31.2. The fraction of sp³-hybridized carbons (Fsp3) is 0.949. The molecule has 98 heavy (non-hydrogen) atoms. The van der Waals surface area contributed by atoms with E-state index >= 15 is 0 Å². The van der Waals surface area contributed by atoms with Crippen LogP contribution >= 0.6 is 15.6 Å². The minimum atomic E-state index is -4.96. The molecule has 0 radical (unpaired) electrons. The maximum Gasteiger partial charge on any atom is 0.472 e. The lowest BCUT2D eigenvalue weighted by molar-refractivity contribution is -0.161. The van der Waals surface area contributed by atoms with Crippen molar-refractivity contribution in [3.05, 3.63) is 0 Å². The minimum absolute atomic E-state index is 0.107. The number of hydrogen-bond donors (Lipinski definition) is 3. The van der Waals surface area contributed by atoms with E-state index in [0.29, 0.717) is 25.7 Å². The molecule has 19 heteroatoms. The average molecular weight is 1440 g/mol. The number of unbranched alkanes of at least 4 members (excludes halogenated alkanes) is 47. The quantitative estimate of drug-likeness (QED) is 0.0222. The van der Waals surface area contributed by atoms with Crippen LogP contribution in [0.3, 0.4) is 0 Å². The van der Waals surface area contributed by atoms with Gasteiger partial charge in [0.15, 0.2) is 12.2 Å². The van der Waals surface area contributed by atoms with Gasteiger partial charge >= 0.3 is 39.5 Å². The van der Waals surface area contributed by atoms with Gasteiger partial charge in [-0.3, -0.25) is 37.3 Å². The largest absolute Gasteiger partial charge is 0.472 e. The lowest BCUT2D eigenvalue weighted by Gasteiger charge is -2.21. The predicted octanol–water partition coefficient (Wildman–Crippen LogP) is 23.5. The van der Waals surface area contributed by atoms with Gasteiger partial charge in [0.1, 0.15) is 19.3 Å². The summed E-state index contributed by atoms with van der Waals surface area (Å²) in [5.41, 5.74) is 0. The van der Waals surface area contributed by atoms with Gasteiger partial charge in [-0.2, -0.15) is 0 Å². The van der Waals surface area contributed by atoms with Crippen molar-refractivity contribution < 1.29 is 80.2 Å². The Labute approximate surface area is 600 Å². The zero-order chi connectivity index (χ0) is 72.1. The SMILES string of the molecule is CCCCCCCCCCCCCCC(=O)O[C@H](COC(=O)CCCCCCCCC)COP(=O)(O)OC[C@H](O)COP(=O)(O)OC[C@@H](COC(=O)CCCCCCCCCCCCCCCCC(C)C)OC(=O)CCCCCCCCCCCCCCCCCCCCC(C)CC. The monoisotopic (exact) mass is 1440 g/mol. The first kappa shape index (κ1) is 96.1. The van der Waals surface area contributed by atoms with Crippen LogP contribution in [0.4, 0.5) is 0 Å². The Morgan fingerprint density at radius 1 is 0.296 bits per heavy atom. The van der Waals surface area contributed by atoms with Gasteiger partial charge in [0, 0.05) is 25.7 Å². The summed E-state index contributed by atoms with van der Waals surface area (Å²) < 4.78 is 68.5. The Morgan fingerprint density at radius 3 is 0.776 bits per heavy atom. The van der Waals surface area contributed by atoms with Crippen LogP contribution in [0.25, 0.3) is 0 Å². The van der Waals surface area contributed by atoms with Crippen LogP contribution in [0.2, 0.25) is 0 Å². The minimum Gasteiger partial charge on any atom is -0.462 e. The van der Waals surface area contributed by atoms with Crippen molar-refractivity contribution in [2.45, 2.75) is 432 Å². The van der Waals surface area contributed by atoms with Crippen LogP contribution in [0.1, 0.15) is 414 Å². The first-order valence-corrected chi connectivity index (χ1v) is 44.0. The van der Waals surface area contributed by atoms with Crippen molar-refractivity contribution in [2.75, 3.05) is 39.6 Å². The number of phosphoric acid groups is 2. The second-order valence-electron chi connectivity index (χ2n) is 29.2. The van der Waals surface area contributed by atoms with Gasteiger partial charge in [-0.25, -0.2) is 9.13 Å². The Bertz CT molecular complexity index is 1890. The molecule has 0 aromatic rings. The Balaban J connectivity index is 5.16. The molecule has 0 aliphatic carbocycles. The van der Waals surface area contributed by atoms with E-state index in [9.17, 15) is 43.2 Å². The van der Waals surface area contributed by atoms with E-state index in [4.69, 9.17) is 37.0 Å². The normalized spacial score (nSPS) is 14.2. The molecule has 3 unspecified atom stereocenters. The Morgan fingerprint density at radius 2 is 0.520 bits per heavy atom. The zero-order valence-electron chi connectivity index (χ0n) is 64.1. The first-order chi connectivity index (χ1) is 47.4. The third-order valence-electron chi connectivity index (χ3n) is 18.8. The zero-order valence-corrected chi connectivity index (χ0v) is 65.9. The van der Waals surface area contributed by atoms with E-state index in [1.165, 1.54) is 218 Å². The smallest absolute Gasteiger partial charge is 0.462 e. The molecule has 0 aliphatic rings. The summed E-state index contributed by atoms with van der Waals surface area (Å²) in [6, 6.07) is 0. The van der Waals surface area contributed by atoms with Crippen LogP contribution in [0, 0.1) is 11.8 Å². The maximum absolute atomic E-state index is 13.1. The number of hydrogen-bond acceptors (Lipinski definition) is 15. The van der Waals surface area contributed by atoms with Gasteiger partial charge in [0.25, 0.3) is 0 Å². The molecule has 0 aromatic carbocycles. The molecule has 17 nitrogen and oxygen atoms in total. The van der Waals surface area contributed by atoms with Crippen LogP contribution in [0.15, 0.2) is 0 Å². The van der Waals surface area contributed by atoms with Crippen molar-refractivity contribution in [3.8, 4) is 0 Å². The highest BCUT2D eigenvalue weighted by Gasteiger charge is 2.30. The van der Waals surface area contributed by atoms with Crippen molar-refractivity contribution in [1.29, 1.82) is 0 Å². The lowest BCUT2D eigenvalue weighted by atomic mass is 9.99. The molecule has 0 fully saturated rings. The fourth-order valence-corrected chi connectivity index (χ4v) is 13.7. The molecule has 3 N–H and O–H groups in total. The van der Waals surface area contributed by atoms with Gasteiger partial charge in [0.2, 0.25) is 0 Å². The summed E-state index contributed by atoms with van der Waals surface area (Å²) in [6.45, 7) is 9.67. The molecule has 0 rings (SSSR count). The van der Waals surface area contributed by atoms with Crippen molar-refractivity contribution >= 4 is 39.5 Å². The van der Waals surface area contributed by atoms with E-state index < -0.39 is 97.5 Å². The standard InChI is InChI=1S/C79H154O17P2/c1-7-10-12-14-16-17-18-33-39-45-51-57-63-78(83)95-74(67-89-76(81)61-55-49-41-15-13-11-8-2)69-93-97(85,86)91-65-73(80)66-92-98(87,88)94-70-75(68-90-77(82)62-56-50-44-38-34-29-26-25-27-31-36-42-47-53-59-71(4)5)96-79(84)64-58-52-46-40-35-30-24-22-20-19-21-23-28-32-37-43-48-54-60-72(6)9-3/h71-75,80H,7-70H2,1-6H3,(H,85,86)(H,87,88)/t72?,73-,74+,75+/m0/s1. The summed E-state index contributed by atoms with van der Waals surface area (Å²) in [5, 5.41) is 10.6. The summed E-state index contributed by atoms with van der Waals surface area (Å²) in [5.74, 6) is -0.445. The van der Waals surface area contributed by atoms with Gasteiger partial charge in [-0.15, -0.1) is 0 Å². The van der Waals surface area contributed by atoms with Crippen LogP contribution in [-0.2, 0) is 65.4 Å². The van der Waals surface area contributed by atoms with Gasteiger partial charge in [-0.1, -0.05) is 363 Å². The first-order valence-electron chi connectivity index (χ1n) is 41.0. The molecule has 0 aromatic heterocycles. The molecular weight excluding hydrogens is 1280 g/mol. The summed E-state index contributed by atoms with van der Waals surface area (Å²) in [7, 11) is -9.91. The Hall–Kier alpha value is -1.94. The molecule has 0 amide bonds. The fourth-order valence-electron chi connectivity index (χ4n) is 12.2. The predicted molar refractivity (Wildman–Crippen MR) is 400 cm³/mol.